The van der Waals surface area contributed by atoms with Crippen LogP contribution in [0, 0.1) is 40.9 Å². The number of nitrogens with one attached hydrogen (secondary N) is 1. The zero-order valence-electron chi connectivity index (χ0n) is 17.8. The highest BCUT2D eigenvalue weighted by molar-refractivity contribution is 5.08. The van der Waals surface area contributed by atoms with Gasteiger partial charge in [-0.2, -0.15) is 0 Å². The van der Waals surface area contributed by atoms with E-state index in [9.17, 15) is 5.11 Å². The number of fused-ring (bicyclic) bond motifs is 5. The van der Waals surface area contributed by atoms with Crippen LogP contribution in [0.3, 0.4) is 0 Å². The van der Waals surface area contributed by atoms with Crippen LogP contribution >= 0.6 is 0 Å². The average Bonchev–Trinajstić information content (AvgIpc) is 3.02. The van der Waals surface area contributed by atoms with Gasteiger partial charge in [-0.3, -0.25) is 11.3 Å². The maximum absolute atomic E-state index is 11.0. The molecular weight excluding hydrogens is 336 g/mol. The van der Waals surface area contributed by atoms with E-state index >= 15 is 0 Å². The lowest BCUT2D eigenvalue weighted by atomic mass is 9.48. The van der Waals surface area contributed by atoms with Crippen molar-refractivity contribution in [2.45, 2.75) is 90.2 Å². The summed E-state index contributed by atoms with van der Waals surface area (Å²) in [6, 6.07) is 0.427. The van der Waals surface area contributed by atoms with Crippen LogP contribution in [0.1, 0.15) is 78.6 Å². The fourth-order valence-electron chi connectivity index (χ4n) is 8.36. The van der Waals surface area contributed by atoms with Crippen LogP contribution < -0.4 is 11.3 Å². The maximum Gasteiger partial charge on any atom is 0.0883 e. The van der Waals surface area contributed by atoms with E-state index in [0.29, 0.717) is 24.7 Å². The molecule has 1 unspecified atom stereocenters. The maximum atomic E-state index is 11.0. The molecule has 4 aliphatic carbocycles. The third-order valence-electron chi connectivity index (χ3n) is 9.62. The fourth-order valence-corrected chi connectivity index (χ4v) is 8.36. The largest absolute Gasteiger partial charge is 0.387 e. The highest BCUT2D eigenvalue weighted by Gasteiger charge is 2.58. The van der Waals surface area contributed by atoms with E-state index in [1.54, 1.807) is 0 Å². The standard InChI is InChI=1S/C23H42N2O2/c1-4-27-14-23(26)12-10-17-16(13-23)5-6-19-18(17)9-11-22(3)20(15(2)25-24)7-8-21(19)22/h15-21,25-26H,4-14,24H2,1-3H3/t15?,16-,17+,18-,19-,20-,21+,22-,23-/m1/s1. The minimum absolute atomic E-state index is 0.427. The molecule has 0 bridgehead atoms. The first-order valence-corrected chi connectivity index (χ1v) is 11.7. The van der Waals surface area contributed by atoms with Crippen LogP contribution in [0.5, 0.6) is 0 Å². The molecule has 4 N–H and O–H groups in total. The van der Waals surface area contributed by atoms with Crippen molar-refractivity contribution in [3.8, 4) is 0 Å². The Morgan fingerprint density at radius 2 is 1.85 bits per heavy atom. The smallest absolute Gasteiger partial charge is 0.0883 e. The number of aliphatic hydroxyl groups is 1. The molecule has 156 valence electrons. The highest BCUT2D eigenvalue weighted by atomic mass is 16.5. The Kier molecular flexibility index (Phi) is 5.66. The van der Waals surface area contributed by atoms with Gasteiger partial charge < -0.3 is 9.84 Å². The molecule has 0 spiro atoms. The van der Waals surface area contributed by atoms with Crippen molar-refractivity contribution in [2.75, 3.05) is 13.2 Å². The summed E-state index contributed by atoms with van der Waals surface area (Å²) in [4.78, 5) is 0. The SMILES string of the molecule is CCOC[C@@]1(O)CC[C@H]2[C@H](CC[C@@H]3[C@@H]2CC[C@]2(C)[C@@H](C(C)NN)CC[C@@H]32)C1. The quantitative estimate of drug-likeness (QED) is 0.502. The number of hydrazine groups is 1. The molecule has 27 heavy (non-hydrogen) atoms. The van der Waals surface area contributed by atoms with E-state index in [0.717, 1.165) is 48.3 Å². The minimum atomic E-state index is -0.562. The Balaban J connectivity index is 1.46. The van der Waals surface area contributed by atoms with Crippen LogP contribution in [-0.2, 0) is 4.74 Å². The molecule has 0 heterocycles. The van der Waals surface area contributed by atoms with Gasteiger partial charge in [-0.1, -0.05) is 6.92 Å². The summed E-state index contributed by atoms with van der Waals surface area (Å²) in [5.74, 6) is 10.8. The number of rotatable bonds is 5. The molecule has 0 aliphatic heterocycles. The Morgan fingerprint density at radius 1 is 1.07 bits per heavy atom. The van der Waals surface area contributed by atoms with Crippen molar-refractivity contribution < 1.29 is 9.84 Å². The van der Waals surface area contributed by atoms with Gasteiger partial charge in [-0.25, -0.2) is 0 Å². The summed E-state index contributed by atoms with van der Waals surface area (Å²) in [6.45, 7) is 8.12. The molecule has 9 atom stereocenters. The van der Waals surface area contributed by atoms with Gasteiger partial charge >= 0.3 is 0 Å². The second-order valence-electron chi connectivity index (χ2n) is 10.7. The summed E-state index contributed by atoms with van der Waals surface area (Å²) < 4.78 is 5.61. The Labute approximate surface area is 166 Å². The highest BCUT2D eigenvalue weighted by Crippen LogP contribution is 2.65. The van der Waals surface area contributed by atoms with Gasteiger partial charge in [0, 0.05) is 12.6 Å². The second kappa shape index (κ2) is 7.59. The summed E-state index contributed by atoms with van der Waals surface area (Å²) in [5, 5.41) is 11.0. The third-order valence-corrected chi connectivity index (χ3v) is 9.62. The van der Waals surface area contributed by atoms with Gasteiger partial charge in [0.25, 0.3) is 0 Å². The van der Waals surface area contributed by atoms with Crippen LogP contribution in [0.15, 0.2) is 0 Å². The van der Waals surface area contributed by atoms with E-state index in [4.69, 9.17) is 10.6 Å². The molecule has 0 aromatic carbocycles. The molecule has 0 aromatic heterocycles. The molecular formula is C23H42N2O2. The van der Waals surface area contributed by atoms with E-state index in [1.807, 2.05) is 6.92 Å². The van der Waals surface area contributed by atoms with Gasteiger partial charge in [0.2, 0.25) is 0 Å². The topological polar surface area (TPSA) is 67.5 Å². The summed E-state index contributed by atoms with van der Waals surface area (Å²) >= 11 is 0. The third kappa shape index (κ3) is 3.39. The molecule has 0 amide bonds. The van der Waals surface area contributed by atoms with Gasteiger partial charge in [-0.05, 0) is 113 Å². The van der Waals surface area contributed by atoms with Gasteiger partial charge in [0.1, 0.15) is 0 Å². The lowest BCUT2D eigenvalue weighted by Gasteiger charge is -2.57. The van der Waals surface area contributed by atoms with Crippen molar-refractivity contribution in [1.29, 1.82) is 0 Å². The van der Waals surface area contributed by atoms with Crippen molar-refractivity contribution in [3.63, 3.8) is 0 Å². The number of nitrogens with two attached hydrogens (primary N) is 1. The van der Waals surface area contributed by atoms with Crippen LogP contribution in [0.4, 0.5) is 0 Å². The van der Waals surface area contributed by atoms with Gasteiger partial charge in [0.15, 0.2) is 0 Å². The van der Waals surface area contributed by atoms with Gasteiger partial charge in [0.05, 0.1) is 12.2 Å². The molecule has 0 saturated heterocycles. The van der Waals surface area contributed by atoms with E-state index < -0.39 is 5.60 Å². The molecule has 4 fully saturated rings. The Morgan fingerprint density at radius 3 is 2.59 bits per heavy atom. The monoisotopic (exact) mass is 378 g/mol. The zero-order valence-corrected chi connectivity index (χ0v) is 17.8. The first-order valence-electron chi connectivity index (χ1n) is 11.7. The number of hydrogen-bond donors (Lipinski definition) is 3. The van der Waals surface area contributed by atoms with Crippen molar-refractivity contribution >= 4 is 0 Å². The Hall–Kier alpha value is -0.160. The van der Waals surface area contributed by atoms with E-state index in [1.165, 1.54) is 44.9 Å². The molecule has 4 rings (SSSR count). The first-order chi connectivity index (χ1) is 12.9. The van der Waals surface area contributed by atoms with Crippen molar-refractivity contribution in [3.05, 3.63) is 0 Å². The molecule has 4 aliphatic rings. The van der Waals surface area contributed by atoms with Crippen LogP contribution in [-0.4, -0.2) is 30.0 Å². The van der Waals surface area contributed by atoms with E-state index in [2.05, 4.69) is 19.3 Å². The second-order valence-corrected chi connectivity index (χ2v) is 10.7. The predicted octanol–water partition coefficient (Wildman–Crippen LogP) is 3.87. The van der Waals surface area contributed by atoms with Crippen LogP contribution in [0.25, 0.3) is 0 Å². The summed E-state index contributed by atoms with van der Waals surface area (Å²) in [7, 11) is 0. The lowest BCUT2D eigenvalue weighted by Crippen LogP contribution is -2.53. The summed E-state index contributed by atoms with van der Waals surface area (Å²) in [6.07, 6.45) is 11.4. The normalized spacial score (nSPS) is 50.6. The Bertz CT molecular complexity index is 529. The molecule has 0 radical (unpaired) electrons. The number of hydrogen-bond acceptors (Lipinski definition) is 4. The molecule has 4 nitrogen and oxygen atoms in total. The van der Waals surface area contributed by atoms with Crippen molar-refractivity contribution in [1.82, 2.24) is 5.43 Å². The number of ether oxygens (including phenoxy) is 1. The zero-order chi connectivity index (χ0) is 19.2. The predicted molar refractivity (Wildman–Crippen MR) is 109 cm³/mol. The summed E-state index contributed by atoms with van der Waals surface area (Å²) in [5.41, 5.74) is 2.98. The van der Waals surface area contributed by atoms with Crippen LogP contribution in [0.2, 0.25) is 0 Å². The molecule has 0 aromatic rings. The molecule has 4 saturated carbocycles. The minimum Gasteiger partial charge on any atom is -0.387 e. The van der Waals surface area contributed by atoms with Crippen molar-refractivity contribution in [2.24, 2.45) is 46.8 Å². The van der Waals surface area contributed by atoms with Gasteiger partial charge in [-0.15, -0.1) is 0 Å². The average molecular weight is 379 g/mol. The first kappa shape index (κ1) is 20.1. The molecule has 4 heteroatoms. The lowest BCUT2D eigenvalue weighted by molar-refractivity contribution is -0.128. The van der Waals surface area contributed by atoms with E-state index in [-0.39, 0.29) is 0 Å². The fraction of sp³-hybridized carbons (Fsp3) is 1.00.